The summed E-state index contributed by atoms with van der Waals surface area (Å²) in [6.45, 7) is 0.262. The van der Waals surface area contributed by atoms with Gasteiger partial charge in [-0.2, -0.15) is 0 Å². The van der Waals surface area contributed by atoms with Crippen LogP contribution in [0.3, 0.4) is 0 Å². The minimum Gasteiger partial charge on any atom is -0.493 e. The van der Waals surface area contributed by atoms with Crippen molar-refractivity contribution in [3.63, 3.8) is 0 Å². The molecule has 0 heterocycles. The number of nitrogens with one attached hydrogen (secondary N) is 1. The minimum absolute atomic E-state index is 0.226. The van der Waals surface area contributed by atoms with Gasteiger partial charge in [-0.3, -0.25) is 0 Å². The Labute approximate surface area is 144 Å². The predicted molar refractivity (Wildman–Crippen MR) is 92.6 cm³/mol. The first-order valence-corrected chi connectivity index (χ1v) is 9.20. The van der Waals surface area contributed by atoms with Gasteiger partial charge in [-0.1, -0.05) is 34.1 Å². The first kappa shape index (κ1) is 17.8. The lowest BCUT2D eigenvalue weighted by atomic mass is 10.1. The maximum Gasteiger partial charge on any atom is 0.240 e. The SMILES string of the molecule is COc1cccc(CCNS(=O)(=O)c2cccc(Br)c2)c1OC. The van der Waals surface area contributed by atoms with Crippen molar-refractivity contribution in [1.82, 2.24) is 4.72 Å². The van der Waals surface area contributed by atoms with E-state index in [1.807, 2.05) is 12.1 Å². The number of halogens is 1. The molecule has 1 N–H and O–H groups in total. The van der Waals surface area contributed by atoms with E-state index in [0.717, 1.165) is 10.0 Å². The van der Waals surface area contributed by atoms with Crippen molar-refractivity contribution in [2.75, 3.05) is 20.8 Å². The van der Waals surface area contributed by atoms with E-state index in [2.05, 4.69) is 20.7 Å². The third-order valence-electron chi connectivity index (χ3n) is 3.28. The summed E-state index contributed by atoms with van der Waals surface area (Å²) in [6.07, 6.45) is 0.494. The summed E-state index contributed by atoms with van der Waals surface area (Å²) in [6, 6.07) is 12.1. The lowest BCUT2D eigenvalue weighted by Gasteiger charge is -2.13. The Hall–Kier alpha value is -1.57. The number of rotatable bonds is 7. The summed E-state index contributed by atoms with van der Waals surface area (Å²) >= 11 is 3.27. The number of para-hydroxylation sites is 1. The van der Waals surface area contributed by atoms with Gasteiger partial charge in [0.15, 0.2) is 11.5 Å². The second kappa shape index (κ2) is 7.81. The van der Waals surface area contributed by atoms with E-state index in [9.17, 15) is 8.42 Å². The summed E-state index contributed by atoms with van der Waals surface area (Å²) in [5.74, 6) is 1.25. The van der Waals surface area contributed by atoms with Gasteiger partial charge in [0.2, 0.25) is 10.0 Å². The average Bonchev–Trinajstić information content (AvgIpc) is 2.54. The molecule has 7 heteroatoms. The molecule has 0 spiro atoms. The number of hydrogen-bond acceptors (Lipinski definition) is 4. The van der Waals surface area contributed by atoms with Gasteiger partial charge in [-0.25, -0.2) is 13.1 Å². The number of ether oxygens (including phenoxy) is 2. The van der Waals surface area contributed by atoms with Crippen LogP contribution in [0, 0.1) is 0 Å². The molecule has 5 nitrogen and oxygen atoms in total. The van der Waals surface area contributed by atoms with Gasteiger partial charge in [0.25, 0.3) is 0 Å². The minimum atomic E-state index is -3.54. The first-order valence-electron chi connectivity index (χ1n) is 6.93. The molecule has 0 saturated heterocycles. The number of sulfonamides is 1. The maximum absolute atomic E-state index is 12.3. The largest absolute Gasteiger partial charge is 0.493 e. The topological polar surface area (TPSA) is 64.6 Å². The van der Waals surface area contributed by atoms with E-state index in [0.29, 0.717) is 17.9 Å². The molecule has 0 saturated carbocycles. The third-order valence-corrected chi connectivity index (χ3v) is 5.23. The van der Waals surface area contributed by atoms with E-state index in [4.69, 9.17) is 9.47 Å². The van der Waals surface area contributed by atoms with Crippen molar-refractivity contribution in [1.29, 1.82) is 0 Å². The molecule has 0 fully saturated rings. The van der Waals surface area contributed by atoms with E-state index in [-0.39, 0.29) is 11.4 Å². The Morgan fingerprint density at radius 2 is 1.83 bits per heavy atom. The Balaban J connectivity index is 2.08. The lowest BCUT2D eigenvalue weighted by Crippen LogP contribution is -2.26. The Morgan fingerprint density at radius 3 is 2.48 bits per heavy atom. The molecule has 0 unspecified atom stereocenters. The van der Waals surface area contributed by atoms with Gasteiger partial charge in [-0.15, -0.1) is 0 Å². The normalized spacial score (nSPS) is 11.3. The second-order valence-corrected chi connectivity index (χ2v) is 7.44. The zero-order chi connectivity index (χ0) is 16.9. The quantitative estimate of drug-likeness (QED) is 0.776. The van der Waals surface area contributed by atoms with Crippen molar-refractivity contribution >= 4 is 26.0 Å². The highest BCUT2D eigenvalue weighted by atomic mass is 79.9. The molecule has 124 valence electrons. The number of benzene rings is 2. The summed E-state index contributed by atoms with van der Waals surface area (Å²) in [5.41, 5.74) is 0.879. The monoisotopic (exact) mass is 399 g/mol. The van der Waals surface area contributed by atoms with E-state index < -0.39 is 10.0 Å². The van der Waals surface area contributed by atoms with Gasteiger partial charge in [0, 0.05) is 11.0 Å². The zero-order valence-corrected chi connectivity index (χ0v) is 15.3. The van der Waals surface area contributed by atoms with Crippen LogP contribution >= 0.6 is 15.9 Å². The highest BCUT2D eigenvalue weighted by Crippen LogP contribution is 2.30. The van der Waals surface area contributed by atoms with Crippen molar-refractivity contribution in [2.45, 2.75) is 11.3 Å². The van der Waals surface area contributed by atoms with Gasteiger partial charge in [0.05, 0.1) is 19.1 Å². The second-order valence-electron chi connectivity index (χ2n) is 4.76. The summed E-state index contributed by atoms with van der Waals surface area (Å²) < 4.78 is 38.4. The molecule has 0 radical (unpaired) electrons. The van der Waals surface area contributed by atoms with Gasteiger partial charge >= 0.3 is 0 Å². The smallest absolute Gasteiger partial charge is 0.240 e. The average molecular weight is 400 g/mol. The van der Waals surface area contributed by atoms with Gasteiger partial charge < -0.3 is 9.47 Å². The fraction of sp³-hybridized carbons (Fsp3) is 0.250. The molecule has 23 heavy (non-hydrogen) atoms. The molecule has 0 aliphatic heterocycles. The van der Waals surface area contributed by atoms with E-state index in [1.165, 1.54) is 0 Å². The highest BCUT2D eigenvalue weighted by molar-refractivity contribution is 9.10. The Morgan fingerprint density at radius 1 is 1.09 bits per heavy atom. The highest BCUT2D eigenvalue weighted by Gasteiger charge is 2.15. The summed E-state index contributed by atoms with van der Waals surface area (Å²) in [7, 11) is -0.411. The molecule has 0 amide bonds. The number of methoxy groups -OCH3 is 2. The molecule has 2 aromatic rings. The van der Waals surface area contributed by atoms with Crippen molar-refractivity contribution in [3.05, 3.63) is 52.5 Å². The van der Waals surface area contributed by atoms with E-state index in [1.54, 1.807) is 44.6 Å². The Bertz CT molecular complexity index is 777. The number of hydrogen-bond donors (Lipinski definition) is 1. The van der Waals surface area contributed by atoms with Crippen LogP contribution in [0.2, 0.25) is 0 Å². The molecular formula is C16H18BrNO4S. The standard InChI is InChI=1S/C16H18BrNO4S/c1-21-15-8-3-5-12(16(15)22-2)9-10-18-23(19,20)14-7-4-6-13(17)11-14/h3-8,11,18H,9-10H2,1-2H3. The van der Waals surface area contributed by atoms with Crippen LogP contribution in [0.15, 0.2) is 51.8 Å². The Kier molecular flexibility index (Phi) is 6.04. The molecule has 2 aromatic carbocycles. The fourth-order valence-corrected chi connectivity index (χ4v) is 3.82. The molecular weight excluding hydrogens is 382 g/mol. The molecule has 0 aliphatic carbocycles. The zero-order valence-electron chi connectivity index (χ0n) is 12.9. The van der Waals surface area contributed by atoms with Crippen LogP contribution in [-0.4, -0.2) is 29.2 Å². The van der Waals surface area contributed by atoms with Crippen LogP contribution in [0.25, 0.3) is 0 Å². The molecule has 0 bridgehead atoms. The van der Waals surface area contributed by atoms with Crippen molar-refractivity contribution in [2.24, 2.45) is 0 Å². The van der Waals surface area contributed by atoms with Gasteiger partial charge in [-0.05, 0) is 36.2 Å². The van der Waals surface area contributed by atoms with Crippen LogP contribution in [0.5, 0.6) is 11.5 Å². The van der Waals surface area contributed by atoms with E-state index >= 15 is 0 Å². The van der Waals surface area contributed by atoms with Crippen LogP contribution in [0.4, 0.5) is 0 Å². The first-order chi connectivity index (χ1) is 11.0. The van der Waals surface area contributed by atoms with Crippen molar-refractivity contribution in [3.8, 4) is 11.5 Å². The summed E-state index contributed by atoms with van der Waals surface area (Å²) in [5, 5.41) is 0. The maximum atomic E-state index is 12.3. The molecule has 0 aromatic heterocycles. The molecule has 2 rings (SSSR count). The van der Waals surface area contributed by atoms with Crippen LogP contribution in [-0.2, 0) is 16.4 Å². The van der Waals surface area contributed by atoms with Crippen molar-refractivity contribution < 1.29 is 17.9 Å². The summed E-state index contributed by atoms with van der Waals surface area (Å²) in [4.78, 5) is 0.226. The third kappa shape index (κ3) is 4.46. The molecule has 0 atom stereocenters. The fourth-order valence-electron chi connectivity index (χ4n) is 2.19. The van der Waals surface area contributed by atoms with Crippen LogP contribution in [0.1, 0.15) is 5.56 Å². The van der Waals surface area contributed by atoms with Gasteiger partial charge in [0.1, 0.15) is 0 Å². The van der Waals surface area contributed by atoms with Crippen LogP contribution < -0.4 is 14.2 Å². The lowest BCUT2D eigenvalue weighted by molar-refractivity contribution is 0.351. The predicted octanol–water partition coefficient (Wildman–Crippen LogP) is 2.99. The molecule has 0 aliphatic rings.